The van der Waals surface area contributed by atoms with Crippen LogP contribution in [0, 0.1) is 0 Å². The van der Waals surface area contributed by atoms with E-state index < -0.39 is 0 Å². The molecule has 0 aliphatic carbocycles. The Hall–Kier alpha value is -1.31. The predicted molar refractivity (Wildman–Crippen MR) is 92.8 cm³/mol. The number of furan rings is 1. The van der Waals surface area contributed by atoms with Crippen molar-refractivity contribution >= 4 is 34.2 Å². The highest BCUT2D eigenvalue weighted by Gasteiger charge is 2.20. The van der Waals surface area contributed by atoms with Crippen LogP contribution in [0.25, 0.3) is 0 Å². The molecule has 1 amide bonds. The molecule has 2 aromatic rings. The van der Waals surface area contributed by atoms with E-state index in [1.54, 1.807) is 18.0 Å². The maximum absolute atomic E-state index is 12.4. The molecule has 3 rings (SSSR count). The summed E-state index contributed by atoms with van der Waals surface area (Å²) in [5.41, 5.74) is 0.471. The number of amides is 1. The maximum Gasteiger partial charge on any atom is 0.274 e. The molecule has 1 saturated heterocycles. The molecule has 3 heterocycles. The summed E-state index contributed by atoms with van der Waals surface area (Å²) < 4.78 is 7.99. The van der Waals surface area contributed by atoms with E-state index >= 15 is 0 Å². The highest BCUT2D eigenvalue weighted by molar-refractivity contribution is 9.10. The first kappa shape index (κ1) is 18.0. The second kappa shape index (κ2) is 7.99. The number of hydrogen-bond donors (Lipinski definition) is 1. The zero-order valence-electron chi connectivity index (χ0n) is 12.9. The van der Waals surface area contributed by atoms with Crippen LogP contribution >= 0.6 is 28.3 Å². The summed E-state index contributed by atoms with van der Waals surface area (Å²) in [4.78, 5) is 14.0. The lowest BCUT2D eigenvalue weighted by molar-refractivity contribution is 0.0767. The molecule has 0 bridgehead atoms. The Kier molecular flexibility index (Phi) is 6.26. The zero-order chi connectivity index (χ0) is 15.5. The van der Waals surface area contributed by atoms with Crippen LogP contribution in [0.5, 0.6) is 0 Å². The van der Waals surface area contributed by atoms with Gasteiger partial charge in [-0.05, 0) is 53.5 Å². The van der Waals surface area contributed by atoms with Crippen molar-refractivity contribution in [2.75, 3.05) is 20.1 Å². The van der Waals surface area contributed by atoms with Gasteiger partial charge in [0.1, 0.15) is 11.5 Å². The molecular weight excluding hydrogens is 384 g/mol. The minimum absolute atomic E-state index is 0. The first-order valence-corrected chi connectivity index (χ1v) is 8.18. The molecule has 6 nitrogen and oxygen atoms in total. The van der Waals surface area contributed by atoms with Crippen molar-refractivity contribution in [3.8, 4) is 0 Å². The Morgan fingerprint density at radius 3 is 3.00 bits per heavy atom. The van der Waals surface area contributed by atoms with Crippen LogP contribution in [0.15, 0.2) is 33.5 Å². The Morgan fingerprint density at radius 2 is 2.35 bits per heavy atom. The van der Waals surface area contributed by atoms with Crippen molar-refractivity contribution in [1.29, 1.82) is 0 Å². The van der Waals surface area contributed by atoms with Crippen LogP contribution in [0.3, 0.4) is 0 Å². The van der Waals surface area contributed by atoms with Crippen LogP contribution in [0.2, 0.25) is 0 Å². The second-order valence-corrected chi connectivity index (χ2v) is 6.33. The Labute approximate surface area is 149 Å². The van der Waals surface area contributed by atoms with Crippen LogP contribution < -0.4 is 5.32 Å². The van der Waals surface area contributed by atoms with Crippen molar-refractivity contribution in [3.63, 3.8) is 0 Å². The zero-order valence-corrected chi connectivity index (χ0v) is 15.3. The lowest BCUT2D eigenvalue weighted by Gasteiger charge is -2.23. The van der Waals surface area contributed by atoms with E-state index in [-0.39, 0.29) is 18.3 Å². The predicted octanol–water partition coefficient (Wildman–Crippen LogP) is 2.86. The summed E-state index contributed by atoms with van der Waals surface area (Å²) in [6, 6.07) is 5.78. The van der Waals surface area contributed by atoms with Gasteiger partial charge in [-0.2, -0.15) is 5.10 Å². The van der Waals surface area contributed by atoms with Gasteiger partial charge in [0.2, 0.25) is 0 Å². The maximum atomic E-state index is 12.4. The number of carbonyl (C=O) groups excluding carboxylic acids is 1. The summed E-state index contributed by atoms with van der Waals surface area (Å²) in [5, 5.41) is 7.80. The molecule has 1 aliphatic rings. The number of hydrogen-bond acceptors (Lipinski definition) is 4. The minimum atomic E-state index is -0.102. The Balaban J connectivity index is 0.00000192. The van der Waals surface area contributed by atoms with Crippen molar-refractivity contribution in [2.24, 2.45) is 0 Å². The lowest BCUT2D eigenvalue weighted by atomic mass is 10.1. The molecule has 0 aromatic carbocycles. The number of halogens is 2. The Morgan fingerprint density at radius 1 is 1.52 bits per heavy atom. The third-order valence-electron chi connectivity index (χ3n) is 3.84. The van der Waals surface area contributed by atoms with Gasteiger partial charge in [0.25, 0.3) is 5.91 Å². The second-order valence-electron chi connectivity index (χ2n) is 5.55. The smallest absolute Gasteiger partial charge is 0.274 e. The normalized spacial score (nSPS) is 17.6. The molecule has 1 fully saturated rings. The van der Waals surface area contributed by atoms with Gasteiger partial charge < -0.3 is 14.6 Å². The number of nitrogens with zero attached hydrogens (tertiary/aromatic N) is 3. The average molecular weight is 404 g/mol. The fraction of sp³-hybridized carbons (Fsp3) is 0.467. The van der Waals surface area contributed by atoms with Crippen molar-refractivity contribution < 1.29 is 9.21 Å². The van der Waals surface area contributed by atoms with E-state index in [9.17, 15) is 4.79 Å². The van der Waals surface area contributed by atoms with Gasteiger partial charge in [-0.1, -0.05) is 0 Å². The monoisotopic (exact) mass is 402 g/mol. The van der Waals surface area contributed by atoms with Crippen LogP contribution in [0.1, 0.15) is 35.1 Å². The van der Waals surface area contributed by atoms with Gasteiger partial charge in [0, 0.05) is 19.8 Å². The van der Waals surface area contributed by atoms with Crippen molar-refractivity contribution in [1.82, 2.24) is 20.0 Å². The molecule has 1 atom stereocenters. The van der Waals surface area contributed by atoms with Gasteiger partial charge in [-0.25, -0.2) is 0 Å². The van der Waals surface area contributed by atoms with Crippen LogP contribution in [-0.2, 0) is 6.54 Å². The SMILES string of the molecule is CN(Cc1ccc(Br)o1)C(=O)c1ccn(C2CCCNC2)n1.Cl. The van der Waals surface area contributed by atoms with E-state index in [1.807, 2.05) is 23.0 Å². The first-order valence-electron chi connectivity index (χ1n) is 7.39. The standard InChI is InChI=1S/C15H19BrN4O2.ClH/c1-19(10-12-4-5-14(16)22-12)15(21)13-6-8-20(18-13)11-3-2-7-17-9-11;/h4-6,8,11,17H,2-3,7,9-10H2,1H3;1H. The summed E-state index contributed by atoms with van der Waals surface area (Å²) >= 11 is 3.26. The first-order chi connectivity index (χ1) is 10.6. The van der Waals surface area contributed by atoms with Gasteiger partial charge in [0.05, 0.1) is 12.6 Å². The molecule has 1 unspecified atom stereocenters. The number of piperidine rings is 1. The molecule has 0 spiro atoms. The molecule has 126 valence electrons. The third-order valence-corrected chi connectivity index (χ3v) is 4.27. The molecular formula is C15H20BrClN4O2. The molecule has 0 radical (unpaired) electrons. The van der Waals surface area contributed by atoms with E-state index in [2.05, 4.69) is 26.3 Å². The molecule has 1 aliphatic heterocycles. The molecule has 8 heteroatoms. The fourth-order valence-electron chi connectivity index (χ4n) is 2.65. The Bertz CT molecular complexity index is 651. The summed E-state index contributed by atoms with van der Waals surface area (Å²) in [6.07, 6.45) is 4.13. The number of nitrogens with one attached hydrogen (secondary N) is 1. The van der Waals surface area contributed by atoms with E-state index in [0.717, 1.165) is 31.7 Å². The molecule has 0 saturated carbocycles. The molecule has 2 aromatic heterocycles. The summed E-state index contributed by atoms with van der Waals surface area (Å²) in [5.74, 6) is 0.633. The highest BCUT2D eigenvalue weighted by atomic mass is 79.9. The van der Waals surface area contributed by atoms with Crippen molar-refractivity contribution in [3.05, 3.63) is 40.5 Å². The largest absolute Gasteiger partial charge is 0.452 e. The van der Waals surface area contributed by atoms with Crippen LogP contribution in [-0.4, -0.2) is 40.7 Å². The number of rotatable bonds is 4. The van der Waals surface area contributed by atoms with Crippen LogP contribution in [0.4, 0.5) is 0 Å². The molecule has 1 N–H and O–H groups in total. The summed E-state index contributed by atoms with van der Waals surface area (Å²) in [7, 11) is 1.75. The topological polar surface area (TPSA) is 63.3 Å². The van der Waals surface area contributed by atoms with E-state index in [1.165, 1.54) is 0 Å². The van der Waals surface area contributed by atoms with Gasteiger partial charge >= 0.3 is 0 Å². The fourth-order valence-corrected chi connectivity index (χ4v) is 2.99. The number of aromatic nitrogens is 2. The summed E-state index contributed by atoms with van der Waals surface area (Å²) in [6.45, 7) is 2.39. The van der Waals surface area contributed by atoms with Gasteiger partial charge in [-0.3, -0.25) is 9.48 Å². The van der Waals surface area contributed by atoms with Crippen molar-refractivity contribution in [2.45, 2.75) is 25.4 Å². The lowest BCUT2D eigenvalue weighted by Crippen LogP contribution is -2.32. The molecule has 23 heavy (non-hydrogen) atoms. The van der Waals surface area contributed by atoms with E-state index in [4.69, 9.17) is 4.42 Å². The highest BCUT2D eigenvalue weighted by Crippen LogP contribution is 2.18. The number of carbonyl (C=O) groups is 1. The minimum Gasteiger partial charge on any atom is -0.452 e. The van der Waals surface area contributed by atoms with Gasteiger partial charge in [0.15, 0.2) is 4.67 Å². The third kappa shape index (κ3) is 4.37. The van der Waals surface area contributed by atoms with E-state index in [0.29, 0.717) is 23.0 Å². The quantitative estimate of drug-likeness (QED) is 0.852. The van der Waals surface area contributed by atoms with Gasteiger partial charge in [-0.15, -0.1) is 12.4 Å². The average Bonchev–Trinajstić information content (AvgIpc) is 3.17.